The normalized spacial score (nSPS) is 13.0. The predicted molar refractivity (Wildman–Crippen MR) is 160 cm³/mol. The minimum atomic E-state index is -0.487. The highest BCUT2D eigenvalue weighted by Crippen LogP contribution is 2.41. The van der Waals surface area contributed by atoms with Crippen LogP contribution in [0.4, 0.5) is 5.69 Å². The molecule has 2 N–H and O–H groups in total. The number of carbonyl (C=O) groups is 1. The molecular formula is C29H27Cl2N7O2S. The van der Waals surface area contributed by atoms with Crippen LogP contribution < -0.4 is 15.4 Å². The zero-order valence-electron chi connectivity index (χ0n) is 22.4. The zero-order valence-corrected chi connectivity index (χ0v) is 24.7. The number of hydrogen-bond donors (Lipinski definition) is 2. The Bertz CT molecular complexity index is 1630. The summed E-state index contributed by atoms with van der Waals surface area (Å²) in [5.41, 5.74) is 3.58. The van der Waals surface area contributed by atoms with Gasteiger partial charge in [-0.25, -0.2) is 0 Å². The lowest BCUT2D eigenvalue weighted by Gasteiger charge is -2.19. The third-order valence-electron chi connectivity index (χ3n) is 6.39. The Hall–Kier alpha value is -3.62. The van der Waals surface area contributed by atoms with E-state index >= 15 is 0 Å². The monoisotopic (exact) mass is 607 g/mol. The molecule has 0 aliphatic heterocycles. The molecule has 12 heteroatoms. The number of benzene rings is 2. The van der Waals surface area contributed by atoms with Gasteiger partial charge in [0.2, 0.25) is 11.1 Å². The average molecular weight is 609 g/mol. The molecule has 1 aliphatic carbocycles. The first kappa shape index (κ1) is 28.9. The van der Waals surface area contributed by atoms with E-state index in [-0.39, 0.29) is 11.7 Å². The Balaban J connectivity index is 1.16. The van der Waals surface area contributed by atoms with Gasteiger partial charge >= 0.3 is 0 Å². The van der Waals surface area contributed by atoms with Crippen molar-refractivity contribution in [3.8, 4) is 17.5 Å². The van der Waals surface area contributed by atoms with Crippen LogP contribution in [-0.2, 0) is 11.3 Å². The highest BCUT2D eigenvalue weighted by Gasteiger charge is 2.24. The van der Waals surface area contributed by atoms with Gasteiger partial charge in [-0.2, -0.15) is 9.41 Å². The van der Waals surface area contributed by atoms with Crippen LogP contribution in [0.3, 0.4) is 0 Å². The van der Waals surface area contributed by atoms with E-state index < -0.39 is 5.54 Å². The summed E-state index contributed by atoms with van der Waals surface area (Å²) in [4.78, 5) is 12.7. The van der Waals surface area contributed by atoms with Gasteiger partial charge < -0.3 is 10.5 Å². The Labute approximate surface area is 252 Å². The van der Waals surface area contributed by atoms with Crippen molar-refractivity contribution in [2.45, 2.75) is 49.8 Å². The summed E-state index contributed by atoms with van der Waals surface area (Å²) in [5.74, 6) is 6.75. The van der Waals surface area contributed by atoms with Crippen molar-refractivity contribution in [3.05, 3.63) is 92.9 Å². The van der Waals surface area contributed by atoms with E-state index in [0.717, 1.165) is 10.3 Å². The van der Waals surface area contributed by atoms with E-state index in [4.69, 9.17) is 23.2 Å². The van der Waals surface area contributed by atoms with E-state index in [0.29, 0.717) is 44.6 Å². The number of rotatable bonds is 9. The standard InChI is InChI=1S/C29H27Cl2N7O2S/c1-29(2,32-17-20-10-13-37(40)14-11-20)12-9-19-3-7-25(23(30)15-19)33-27(39)18-41-28-34-35-36-38(28)26-8-6-22(16-24(26)31)21-4-5-21/h3,6-8,10-11,13-16,21,32H,4-5,17-18H2,1-2H3,(H,33,39). The quantitative estimate of drug-likeness (QED) is 0.117. The molecule has 0 bridgehead atoms. The molecule has 9 nitrogen and oxygen atoms in total. The summed E-state index contributed by atoms with van der Waals surface area (Å²) in [6, 6.07) is 14.7. The van der Waals surface area contributed by atoms with Crippen molar-refractivity contribution < 1.29 is 9.52 Å². The number of hydrogen-bond acceptors (Lipinski definition) is 7. The van der Waals surface area contributed by atoms with Gasteiger partial charge in [-0.1, -0.05) is 52.9 Å². The van der Waals surface area contributed by atoms with Crippen LogP contribution in [0.25, 0.3) is 5.69 Å². The third kappa shape index (κ3) is 7.77. The Morgan fingerprint density at radius 3 is 2.63 bits per heavy atom. The van der Waals surface area contributed by atoms with Crippen molar-refractivity contribution in [2.24, 2.45) is 0 Å². The van der Waals surface area contributed by atoms with Crippen LogP contribution in [0.5, 0.6) is 0 Å². The number of tetrazole rings is 1. The maximum absolute atomic E-state index is 12.7. The predicted octanol–water partition coefficient (Wildman–Crippen LogP) is 5.13. The molecule has 0 atom stereocenters. The Morgan fingerprint density at radius 2 is 1.93 bits per heavy atom. The van der Waals surface area contributed by atoms with E-state index in [9.17, 15) is 10.0 Å². The van der Waals surface area contributed by atoms with Crippen molar-refractivity contribution in [2.75, 3.05) is 11.1 Å². The number of pyridine rings is 1. The van der Waals surface area contributed by atoms with E-state index in [1.807, 2.05) is 32.0 Å². The molecule has 41 heavy (non-hydrogen) atoms. The maximum Gasteiger partial charge on any atom is 0.234 e. The van der Waals surface area contributed by atoms with Gasteiger partial charge in [-0.3, -0.25) is 10.1 Å². The van der Waals surface area contributed by atoms with Gasteiger partial charge in [-0.05, 0) is 84.5 Å². The molecule has 1 fully saturated rings. The first-order valence-electron chi connectivity index (χ1n) is 12.9. The number of thioether (sulfide) groups is 1. The summed E-state index contributed by atoms with van der Waals surface area (Å²) in [7, 11) is 0. The highest BCUT2D eigenvalue weighted by atomic mass is 35.5. The van der Waals surface area contributed by atoms with Gasteiger partial charge in [0.05, 0.1) is 32.7 Å². The third-order valence-corrected chi connectivity index (χ3v) is 7.92. The molecule has 1 aliphatic rings. The second-order valence-corrected chi connectivity index (χ2v) is 11.9. The smallest absolute Gasteiger partial charge is 0.234 e. The molecule has 1 saturated carbocycles. The summed E-state index contributed by atoms with van der Waals surface area (Å²) in [6.07, 6.45) is 5.30. The van der Waals surface area contributed by atoms with Crippen LogP contribution in [-0.4, -0.2) is 37.4 Å². The molecule has 0 unspecified atom stereocenters. The summed E-state index contributed by atoms with van der Waals surface area (Å²) < 4.78 is 2.29. The Morgan fingerprint density at radius 1 is 1.15 bits per heavy atom. The molecular weight excluding hydrogens is 581 g/mol. The number of aromatic nitrogens is 5. The molecule has 1 amide bonds. The van der Waals surface area contributed by atoms with Crippen LogP contribution >= 0.6 is 35.0 Å². The molecule has 2 aromatic carbocycles. The van der Waals surface area contributed by atoms with Crippen molar-refractivity contribution in [1.82, 2.24) is 25.5 Å². The number of carbonyl (C=O) groups excluding carboxylic acids is 1. The molecule has 0 saturated heterocycles. The largest absolute Gasteiger partial charge is 0.619 e. The first-order valence-corrected chi connectivity index (χ1v) is 14.7. The molecule has 0 radical (unpaired) electrons. The Kier molecular flexibility index (Phi) is 8.80. The van der Waals surface area contributed by atoms with Gasteiger partial charge in [-0.15, -0.1) is 5.10 Å². The van der Waals surface area contributed by atoms with Gasteiger partial charge in [0.25, 0.3) is 0 Å². The lowest BCUT2D eigenvalue weighted by atomic mass is 10.0. The number of nitrogens with zero attached hydrogens (tertiary/aromatic N) is 5. The molecule has 0 spiro atoms. The minimum absolute atomic E-state index is 0.0755. The maximum atomic E-state index is 12.7. The zero-order chi connectivity index (χ0) is 29.0. The molecule has 5 rings (SSSR count). The summed E-state index contributed by atoms with van der Waals surface area (Å²) in [6.45, 7) is 4.51. The van der Waals surface area contributed by atoms with E-state index in [1.165, 1.54) is 47.2 Å². The van der Waals surface area contributed by atoms with Gasteiger partial charge in [0.15, 0.2) is 12.4 Å². The second-order valence-electron chi connectivity index (χ2n) is 10.2. The number of amides is 1. The van der Waals surface area contributed by atoms with Crippen molar-refractivity contribution >= 4 is 46.6 Å². The summed E-state index contributed by atoms with van der Waals surface area (Å²) in [5, 5.41) is 30.7. The fourth-order valence-corrected chi connectivity index (χ4v) is 5.13. The molecule has 2 heterocycles. The number of anilines is 1. The highest BCUT2D eigenvalue weighted by molar-refractivity contribution is 7.99. The van der Waals surface area contributed by atoms with Crippen LogP contribution in [0, 0.1) is 17.0 Å². The molecule has 2 aromatic heterocycles. The number of nitrogens with one attached hydrogen (secondary N) is 2. The molecule has 4 aromatic rings. The fraction of sp³-hybridized carbons (Fsp3) is 0.276. The first-order chi connectivity index (χ1) is 19.7. The van der Waals surface area contributed by atoms with Crippen LogP contribution in [0.1, 0.15) is 49.3 Å². The van der Waals surface area contributed by atoms with E-state index in [1.54, 1.807) is 30.3 Å². The van der Waals surface area contributed by atoms with Crippen LogP contribution in [0.2, 0.25) is 10.0 Å². The average Bonchev–Trinajstić information content (AvgIpc) is 3.70. The van der Waals surface area contributed by atoms with Gasteiger partial charge in [0.1, 0.15) is 0 Å². The fourth-order valence-electron chi connectivity index (χ4n) is 3.95. The molecule has 210 valence electrons. The minimum Gasteiger partial charge on any atom is -0.619 e. The topological polar surface area (TPSA) is 112 Å². The van der Waals surface area contributed by atoms with Gasteiger partial charge in [0, 0.05) is 24.2 Å². The van der Waals surface area contributed by atoms with Crippen molar-refractivity contribution in [3.63, 3.8) is 0 Å². The lowest BCUT2D eigenvalue weighted by molar-refractivity contribution is -0.605. The van der Waals surface area contributed by atoms with Crippen molar-refractivity contribution in [1.29, 1.82) is 0 Å². The lowest BCUT2D eigenvalue weighted by Crippen LogP contribution is -2.37. The SMILES string of the molecule is CC(C)(C#Cc1ccc(NC(=O)CSc2nnnn2-c2ccc(C3CC3)cc2Cl)c(Cl)c1)NCc1cc[n+]([O-])cc1. The van der Waals surface area contributed by atoms with E-state index in [2.05, 4.69) is 38.0 Å². The summed E-state index contributed by atoms with van der Waals surface area (Å²) >= 11 is 14.2. The van der Waals surface area contributed by atoms with Crippen LogP contribution in [0.15, 0.2) is 66.1 Å². The second kappa shape index (κ2) is 12.5. The number of halogens is 2.